The minimum Gasteiger partial charge on any atom is -0.379 e. The number of aromatic nitrogens is 3. The van der Waals surface area contributed by atoms with Gasteiger partial charge in [-0.3, -0.25) is 4.99 Å². The van der Waals surface area contributed by atoms with Crippen LogP contribution in [0.3, 0.4) is 0 Å². The zero-order valence-corrected chi connectivity index (χ0v) is 15.9. The van der Waals surface area contributed by atoms with Gasteiger partial charge in [-0.05, 0) is 25.7 Å². The van der Waals surface area contributed by atoms with Crippen LogP contribution in [0.4, 0.5) is 0 Å². The molecule has 0 spiro atoms. The Balaban J connectivity index is 1.31. The third-order valence-electron chi connectivity index (χ3n) is 4.91. The molecule has 0 radical (unpaired) electrons. The maximum Gasteiger partial charge on any atom is 0.190 e. The van der Waals surface area contributed by atoms with Crippen LogP contribution in [0.5, 0.6) is 0 Å². The van der Waals surface area contributed by atoms with Crippen LogP contribution in [0, 0.1) is 0 Å². The first-order chi connectivity index (χ1) is 12.9. The van der Waals surface area contributed by atoms with Gasteiger partial charge in [0.1, 0.15) is 11.6 Å². The maximum atomic E-state index is 5.77. The molecular formula is C18H32N6O2. The highest BCUT2D eigenvalue weighted by atomic mass is 16.5. The Bertz CT molecular complexity index is 568. The van der Waals surface area contributed by atoms with Crippen molar-refractivity contribution in [2.45, 2.75) is 57.6 Å². The summed E-state index contributed by atoms with van der Waals surface area (Å²) in [5, 5.41) is 15.4. The van der Waals surface area contributed by atoms with E-state index < -0.39 is 0 Å². The van der Waals surface area contributed by atoms with Crippen molar-refractivity contribution in [2.75, 3.05) is 40.0 Å². The number of fused-ring (bicyclic) bond motifs is 1. The predicted octanol–water partition coefficient (Wildman–Crippen LogP) is 0.908. The molecule has 2 aliphatic heterocycles. The van der Waals surface area contributed by atoms with Crippen molar-refractivity contribution in [3.05, 3.63) is 11.6 Å². The number of nitrogens with zero attached hydrogens (tertiary/aromatic N) is 4. The summed E-state index contributed by atoms with van der Waals surface area (Å²) in [5.41, 5.74) is 0. The van der Waals surface area contributed by atoms with Crippen molar-refractivity contribution in [3.63, 3.8) is 0 Å². The summed E-state index contributed by atoms with van der Waals surface area (Å²) in [4.78, 5) is 4.28. The van der Waals surface area contributed by atoms with E-state index in [-0.39, 0.29) is 6.10 Å². The first kappa shape index (κ1) is 19.1. The lowest BCUT2D eigenvalue weighted by molar-refractivity contribution is 0.0420. The average Bonchev–Trinajstić information content (AvgIpc) is 3.24. The van der Waals surface area contributed by atoms with E-state index in [1.165, 1.54) is 19.3 Å². The fraction of sp³-hybridized carbons (Fsp3) is 0.833. The average molecular weight is 364 g/mol. The molecule has 1 saturated heterocycles. The number of hydrogen-bond donors (Lipinski definition) is 2. The summed E-state index contributed by atoms with van der Waals surface area (Å²) >= 11 is 0. The van der Waals surface area contributed by atoms with Crippen molar-refractivity contribution in [2.24, 2.45) is 4.99 Å². The minimum absolute atomic E-state index is 0.283. The molecule has 8 nitrogen and oxygen atoms in total. The highest BCUT2D eigenvalue weighted by molar-refractivity contribution is 5.79. The van der Waals surface area contributed by atoms with Gasteiger partial charge in [0, 0.05) is 52.7 Å². The SMILES string of the molecule is CN=C(NCCCOC1CCOC1)NCCc1nnc2n1CCCCC2. The highest BCUT2D eigenvalue weighted by Crippen LogP contribution is 2.14. The Morgan fingerprint density at radius 2 is 2.19 bits per heavy atom. The topological polar surface area (TPSA) is 85.6 Å². The number of aryl methyl sites for hydroxylation is 1. The zero-order chi connectivity index (χ0) is 18.0. The molecule has 2 aliphatic rings. The lowest BCUT2D eigenvalue weighted by Crippen LogP contribution is -2.39. The first-order valence-electron chi connectivity index (χ1n) is 9.91. The van der Waals surface area contributed by atoms with Gasteiger partial charge in [0.25, 0.3) is 0 Å². The first-order valence-corrected chi connectivity index (χ1v) is 9.91. The van der Waals surface area contributed by atoms with E-state index in [2.05, 4.69) is 30.4 Å². The summed E-state index contributed by atoms with van der Waals surface area (Å²) < 4.78 is 13.4. The molecule has 1 aromatic heterocycles. The van der Waals surface area contributed by atoms with Gasteiger partial charge in [0.05, 0.1) is 12.7 Å². The van der Waals surface area contributed by atoms with E-state index in [0.29, 0.717) is 0 Å². The monoisotopic (exact) mass is 364 g/mol. The zero-order valence-electron chi connectivity index (χ0n) is 15.9. The van der Waals surface area contributed by atoms with Crippen LogP contribution in [0.1, 0.15) is 43.8 Å². The molecule has 1 unspecified atom stereocenters. The van der Waals surface area contributed by atoms with Crippen molar-refractivity contribution >= 4 is 5.96 Å². The molecule has 3 heterocycles. The van der Waals surface area contributed by atoms with Crippen molar-refractivity contribution < 1.29 is 9.47 Å². The molecule has 0 saturated carbocycles. The summed E-state index contributed by atoms with van der Waals surface area (Å²) in [6, 6.07) is 0. The Labute approximate surface area is 155 Å². The van der Waals surface area contributed by atoms with Crippen LogP contribution < -0.4 is 10.6 Å². The molecule has 8 heteroatoms. The standard InChI is InChI=1S/C18H32N6O2/c1-19-18(20-9-5-12-26-15-8-13-25-14-15)21-10-7-17-23-22-16-6-3-2-4-11-24(16)17/h15H,2-14H2,1H3,(H2,19,20,21). The van der Waals surface area contributed by atoms with Gasteiger partial charge in [0.15, 0.2) is 5.96 Å². The van der Waals surface area contributed by atoms with Crippen molar-refractivity contribution in [1.82, 2.24) is 25.4 Å². The van der Waals surface area contributed by atoms with E-state index >= 15 is 0 Å². The van der Waals surface area contributed by atoms with Gasteiger partial charge in [-0.25, -0.2) is 0 Å². The molecular weight excluding hydrogens is 332 g/mol. The van der Waals surface area contributed by atoms with Crippen LogP contribution in [-0.2, 0) is 28.9 Å². The number of hydrogen-bond acceptors (Lipinski definition) is 5. The molecule has 1 atom stereocenters. The molecule has 0 bridgehead atoms. The van der Waals surface area contributed by atoms with Gasteiger partial charge < -0.3 is 24.7 Å². The second-order valence-corrected chi connectivity index (χ2v) is 6.88. The molecule has 1 fully saturated rings. The number of rotatable bonds is 8. The Morgan fingerprint density at radius 1 is 1.27 bits per heavy atom. The van der Waals surface area contributed by atoms with Gasteiger partial charge in [-0.15, -0.1) is 10.2 Å². The Morgan fingerprint density at radius 3 is 3.04 bits per heavy atom. The van der Waals surface area contributed by atoms with Crippen molar-refractivity contribution in [1.29, 1.82) is 0 Å². The van der Waals surface area contributed by atoms with Gasteiger partial charge in [0.2, 0.25) is 0 Å². The molecule has 2 N–H and O–H groups in total. The van der Waals surface area contributed by atoms with Gasteiger partial charge in [-0.2, -0.15) is 0 Å². The van der Waals surface area contributed by atoms with Crippen LogP contribution in [0.25, 0.3) is 0 Å². The number of ether oxygens (including phenoxy) is 2. The Kier molecular flexibility index (Phi) is 7.69. The van der Waals surface area contributed by atoms with E-state index in [0.717, 1.165) is 82.7 Å². The number of nitrogens with one attached hydrogen (secondary N) is 2. The van der Waals surface area contributed by atoms with E-state index in [4.69, 9.17) is 9.47 Å². The smallest absolute Gasteiger partial charge is 0.190 e. The molecule has 26 heavy (non-hydrogen) atoms. The van der Waals surface area contributed by atoms with E-state index in [1.54, 1.807) is 7.05 Å². The molecule has 1 aromatic rings. The molecule has 0 aromatic carbocycles. The fourth-order valence-electron chi connectivity index (χ4n) is 3.42. The van der Waals surface area contributed by atoms with E-state index in [9.17, 15) is 0 Å². The van der Waals surface area contributed by atoms with Crippen LogP contribution in [0.15, 0.2) is 4.99 Å². The summed E-state index contributed by atoms with van der Waals surface area (Å²) in [7, 11) is 1.80. The predicted molar refractivity (Wildman–Crippen MR) is 100 cm³/mol. The summed E-state index contributed by atoms with van der Waals surface area (Å²) in [6.45, 7) is 5.01. The largest absolute Gasteiger partial charge is 0.379 e. The number of guanidine groups is 1. The number of aliphatic imine (C=N–C) groups is 1. The highest BCUT2D eigenvalue weighted by Gasteiger charge is 2.15. The fourth-order valence-corrected chi connectivity index (χ4v) is 3.42. The normalized spacial score (nSPS) is 20.7. The Hall–Kier alpha value is -1.67. The third kappa shape index (κ3) is 5.67. The molecule has 0 aliphatic carbocycles. The lowest BCUT2D eigenvalue weighted by Gasteiger charge is -2.13. The summed E-state index contributed by atoms with van der Waals surface area (Å²) in [5.74, 6) is 3.05. The van der Waals surface area contributed by atoms with Crippen molar-refractivity contribution in [3.8, 4) is 0 Å². The van der Waals surface area contributed by atoms with Crippen LogP contribution >= 0.6 is 0 Å². The van der Waals surface area contributed by atoms with Gasteiger partial charge in [-0.1, -0.05) is 6.42 Å². The van der Waals surface area contributed by atoms with E-state index in [1.807, 2.05) is 0 Å². The third-order valence-corrected chi connectivity index (χ3v) is 4.91. The maximum absolute atomic E-state index is 5.77. The summed E-state index contributed by atoms with van der Waals surface area (Å²) in [6.07, 6.45) is 7.91. The van der Waals surface area contributed by atoms with Crippen LogP contribution in [-0.4, -0.2) is 66.8 Å². The molecule has 146 valence electrons. The molecule has 3 rings (SSSR count). The second-order valence-electron chi connectivity index (χ2n) is 6.88. The van der Waals surface area contributed by atoms with Gasteiger partial charge >= 0.3 is 0 Å². The quantitative estimate of drug-likeness (QED) is 0.405. The second kappa shape index (κ2) is 10.5. The van der Waals surface area contributed by atoms with Crippen LogP contribution in [0.2, 0.25) is 0 Å². The minimum atomic E-state index is 0.283. The molecule has 0 amide bonds. The lowest BCUT2D eigenvalue weighted by atomic mass is 10.2.